The summed E-state index contributed by atoms with van der Waals surface area (Å²) in [5.74, 6) is 0.999. The highest BCUT2D eigenvalue weighted by molar-refractivity contribution is 5.65. The summed E-state index contributed by atoms with van der Waals surface area (Å²) in [7, 11) is 0. The van der Waals surface area contributed by atoms with Gasteiger partial charge in [0.1, 0.15) is 5.69 Å². The SMILES string of the molecule is CCCCCC(CC)Oc1cccc(C(Oc2cnnnc2-c2ccccc2)c2cccc(OC(CC)CCCCC)c2O)c1O. The van der Waals surface area contributed by atoms with Crippen LogP contribution >= 0.6 is 0 Å². The Morgan fingerprint density at radius 1 is 0.609 bits per heavy atom. The van der Waals surface area contributed by atoms with Crippen LogP contribution in [0.25, 0.3) is 11.3 Å². The van der Waals surface area contributed by atoms with Crippen LogP contribution < -0.4 is 14.2 Å². The summed E-state index contributed by atoms with van der Waals surface area (Å²) in [6, 6.07) is 20.3. The van der Waals surface area contributed by atoms with Gasteiger partial charge in [-0.15, -0.1) is 10.2 Å². The third-order valence-electron chi connectivity index (χ3n) is 8.28. The van der Waals surface area contributed by atoms with Crippen LogP contribution in [0.1, 0.15) is 109 Å². The Kier molecular flexibility index (Phi) is 13.5. The lowest BCUT2D eigenvalue weighted by Gasteiger charge is -2.26. The van der Waals surface area contributed by atoms with E-state index in [1.54, 1.807) is 24.3 Å². The number of para-hydroxylation sites is 2. The van der Waals surface area contributed by atoms with E-state index in [2.05, 4.69) is 43.1 Å². The molecule has 4 rings (SSSR count). The Morgan fingerprint density at radius 3 is 1.65 bits per heavy atom. The molecule has 0 spiro atoms. The van der Waals surface area contributed by atoms with Crippen molar-refractivity contribution < 1.29 is 24.4 Å². The summed E-state index contributed by atoms with van der Waals surface area (Å²) >= 11 is 0. The lowest BCUT2D eigenvalue weighted by molar-refractivity contribution is 0.171. The summed E-state index contributed by atoms with van der Waals surface area (Å²) in [6.07, 6.45) is 10.6. The predicted octanol–water partition coefficient (Wildman–Crippen LogP) is 9.59. The molecule has 1 aromatic heterocycles. The Bertz CT molecular complexity index is 1410. The first-order chi connectivity index (χ1) is 22.5. The smallest absolute Gasteiger partial charge is 0.169 e. The Labute approximate surface area is 273 Å². The van der Waals surface area contributed by atoms with E-state index < -0.39 is 6.10 Å². The molecule has 0 aliphatic carbocycles. The molecular weight excluding hydrogens is 578 g/mol. The first-order valence-corrected chi connectivity index (χ1v) is 16.9. The van der Waals surface area contributed by atoms with Crippen LogP contribution in [0.4, 0.5) is 0 Å². The molecule has 0 saturated carbocycles. The lowest BCUT2D eigenvalue weighted by atomic mass is 9.98. The number of nitrogens with zero attached hydrogens (tertiary/aromatic N) is 3. The van der Waals surface area contributed by atoms with Gasteiger partial charge < -0.3 is 24.4 Å². The van der Waals surface area contributed by atoms with Gasteiger partial charge in [0, 0.05) is 16.7 Å². The summed E-state index contributed by atoms with van der Waals surface area (Å²) in [5.41, 5.74) is 2.14. The maximum atomic E-state index is 11.7. The van der Waals surface area contributed by atoms with E-state index >= 15 is 0 Å². The van der Waals surface area contributed by atoms with E-state index in [4.69, 9.17) is 14.2 Å². The minimum absolute atomic E-state index is 0.0332. The van der Waals surface area contributed by atoms with Gasteiger partial charge in [0.2, 0.25) is 0 Å². The molecule has 0 fully saturated rings. The maximum absolute atomic E-state index is 11.7. The van der Waals surface area contributed by atoms with Gasteiger partial charge in [0.05, 0.1) is 18.4 Å². The molecule has 0 saturated heterocycles. The van der Waals surface area contributed by atoms with Gasteiger partial charge >= 0.3 is 0 Å². The molecule has 1 heterocycles. The van der Waals surface area contributed by atoms with Crippen molar-refractivity contribution in [3.8, 4) is 40.0 Å². The number of hydrogen-bond donors (Lipinski definition) is 2. The highest BCUT2D eigenvalue weighted by atomic mass is 16.5. The summed E-state index contributed by atoms with van der Waals surface area (Å²) in [4.78, 5) is 0. The number of phenols is 2. The Morgan fingerprint density at radius 2 is 1.15 bits per heavy atom. The Balaban J connectivity index is 1.77. The molecule has 0 radical (unpaired) electrons. The molecule has 2 unspecified atom stereocenters. The van der Waals surface area contributed by atoms with E-state index in [-0.39, 0.29) is 23.7 Å². The Hall–Kier alpha value is -4.33. The zero-order valence-corrected chi connectivity index (χ0v) is 27.7. The minimum atomic E-state index is -0.958. The molecule has 46 heavy (non-hydrogen) atoms. The molecule has 0 bridgehead atoms. The topological polar surface area (TPSA) is 107 Å². The highest BCUT2D eigenvalue weighted by Crippen LogP contribution is 2.45. The molecule has 2 atom stereocenters. The number of rotatable bonds is 19. The van der Waals surface area contributed by atoms with Gasteiger partial charge in [-0.1, -0.05) is 108 Å². The number of hydrogen-bond acceptors (Lipinski definition) is 8. The van der Waals surface area contributed by atoms with Gasteiger partial charge in [-0.3, -0.25) is 0 Å². The van der Waals surface area contributed by atoms with Crippen molar-refractivity contribution in [2.75, 3.05) is 0 Å². The largest absolute Gasteiger partial charge is 0.504 e. The second-order valence-electron chi connectivity index (χ2n) is 11.7. The number of unbranched alkanes of at least 4 members (excludes halogenated alkanes) is 4. The fraction of sp³-hybridized carbons (Fsp3) is 0.447. The maximum Gasteiger partial charge on any atom is 0.169 e. The van der Waals surface area contributed by atoms with Crippen LogP contribution in [0.15, 0.2) is 72.9 Å². The predicted molar refractivity (Wildman–Crippen MR) is 182 cm³/mol. The zero-order chi connectivity index (χ0) is 32.7. The van der Waals surface area contributed by atoms with E-state index in [1.165, 1.54) is 6.20 Å². The van der Waals surface area contributed by atoms with Crippen LogP contribution in [0.3, 0.4) is 0 Å². The molecule has 246 valence electrons. The van der Waals surface area contributed by atoms with Crippen LogP contribution in [0.5, 0.6) is 28.7 Å². The molecule has 2 N–H and O–H groups in total. The summed E-state index contributed by atoms with van der Waals surface area (Å²) in [6.45, 7) is 8.54. The van der Waals surface area contributed by atoms with Crippen LogP contribution in [-0.4, -0.2) is 37.8 Å². The van der Waals surface area contributed by atoms with E-state index in [0.29, 0.717) is 34.1 Å². The van der Waals surface area contributed by atoms with Crippen LogP contribution in [0, 0.1) is 0 Å². The monoisotopic (exact) mass is 627 g/mol. The van der Waals surface area contributed by atoms with Crippen molar-refractivity contribution >= 4 is 0 Å². The molecule has 8 heteroatoms. The second-order valence-corrected chi connectivity index (χ2v) is 11.7. The number of benzene rings is 3. The van der Waals surface area contributed by atoms with E-state index in [9.17, 15) is 10.2 Å². The zero-order valence-electron chi connectivity index (χ0n) is 27.7. The van der Waals surface area contributed by atoms with Gasteiger partial charge in [-0.2, -0.15) is 0 Å². The van der Waals surface area contributed by atoms with Crippen molar-refractivity contribution in [1.82, 2.24) is 15.4 Å². The highest BCUT2D eigenvalue weighted by Gasteiger charge is 2.29. The van der Waals surface area contributed by atoms with Crippen molar-refractivity contribution in [3.63, 3.8) is 0 Å². The molecule has 0 aliphatic heterocycles. The fourth-order valence-electron chi connectivity index (χ4n) is 5.55. The van der Waals surface area contributed by atoms with Crippen molar-refractivity contribution in [3.05, 3.63) is 84.1 Å². The van der Waals surface area contributed by atoms with Crippen molar-refractivity contribution in [2.45, 2.75) is 110 Å². The van der Waals surface area contributed by atoms with Gasteiger partial charge in [-0.25, -0.2) is 0 Å². The van der Waals surface area contributed by atoms with Gasteiger partial charge in [0.15, 0.2) is 34.9 Å². The van der Waals surface area contributed by atoms with E-state index in [1.807, 2.05) is 42.5 Å². The lowest BCUT2D eigenvalue weighted by Crippen LogP contribution is -2.17. The number of aromatic nitrogens is 3. The standard InChI is InChI=1S/C38H49N3O5/c1-5-9-12-20-28(7-3)44-32-24-16-22-30(36(32)42)38(46-34-26-39-41-40-35(34)27-18-14-11-15-19-27)31-23-17-25-33(37(31)43)45-29(8-4)21-13-10-6-2/h11,14-19,22-26,28-29,38,42-43H,5-10,12-13,20-21H2,1-4H3. The number of aromatic hydroxyl groups is 2. The quantitative estimate of drug-likeness (QED) is 0.0990. The fourth-order valence-corrected chi connectivity index (χ4v) is 5.55. The van der Waals surface area contributed by atoms with Gasteiger partial charge in [-0.05, 0) is 55.9 Å². The number of phenolic OH excluding ortho intramolecular Hbond substituents is 2. The van der Waals surface area contributed by atoms with Crippen LogP contribution in [-0.2, 0) is 0 Å². The summed E-state index contributed by atoms with van der Waals surface area (Å²) < 4.78 is 19.4. The van der Waals surface area contributed by atoms with Crippen LogP contribution in [0.2, 0.25) is 0 Å². The molecule has 8 nitrogen and oxygen atoms in total. The molecule has 4 aromatic rings. The minimum Gasteiger partial charge on any atom is -0.504 e. The first kappa shape index (κ1) is 34.5. The van der Waals surface area contributed by atoms with E-state index in [0.717, 1.165) is 69.8 Å². The molecular formula is C38H49N3O5. The van der Waals surface area contributed by atoms with Crippen molar-refractivity contribution in [2.24, 2.45) is 0 Å². The van der Waals surface area contributed by atoms with Gasteiger partial charge in [0.25, 0.3) is 0 Å². The molecule has 0 aliphatic rings. The average molecular weight is 628 g/mol. The molecule has 0 amide bonds. The average Bonchev–Trinajstić information content (AvgIpc) is 3.09. The third-order valence-corrected chi connectivity index (χ3v) is 8.28. The second kappa shape index (κ2) is 18.0. The van der Waals surface area contributed by atoms with Crippen molar-refractivity contribution in [1.29, 1.82) is 0 Å². The first-order valence-electron chi connectivity index (χ1n) is 16.9. The third kappa shape index (κ3) is 9.12. The molecule has 3 aromatic carbocycles. The number of ether oxygens (including phenoxy) is 3. The normalized spacial score (nSPS) is 13.1. The summed E-state index contributed by atoms with van der Waals surface area (Å²) in [5, 5.41) is 35.6.